The van der Waals surface area contributed by atoms with Crippen LogP contribution in [0.25, 0.3) is 0 Å². The second kappa shape index (κ2) is 17.5. The number of nitrogens with zero attached hydrogens (tertiary/aromatic N) is 1. The van der Waals surface area contributed by atoms with Gasteiger partial charge in [0.25, 0.3) is 0 Å². The average Bonchev–Trinajstić information content (AvgIpc) is 2.74. The summed E-state index contributed by atoms with van der Waals surface area (Å²) in [6, 6.07) is 6.25. The first-order chi connectivity index (χ1) is 15.6. The van der Waals surface area contributed by atoms with Crippen molar-refractivity contribution in [3.05, 3.63) is 69.8 Å². The number of thiol groups is 1. The van der Waals surface area contributed by atoms with Crippen molar-refractivity contribution in [2.75, 3.05) is 0 Å². The third kappa shape index (κ3) is 13.6. The van der Waals surface area contributed by atoms with Crippen LogP contribution < -0.4 is 0 Å². The van der Waals surface area contributed by atoms with Gasteiger partial charge in [-0.25, -0.2) is 9.59 Å². The van der Waals surface area contributed by atoms with E-state index in [0.717, 1.165) is 24.3 Å². The van der Waals surface area contributed by atoms with Crippen LogP contribution in [0.2, 0.25) is 0 Å². The fraction of sp³-hybridized carbons (Fsp3) is 0.222. The van der Waals surface area contributed by atoms with Crippen molar-refractivity contribution in [3.8, 4) is 0 Å². The molecule has 5 radical (unpaired) electrons. The van der Waals surface area contributed by atoms with Crippen LogP contribution in [0.1, 0.15) is 43.0 Å². The summed E-state index contributed by atoms with van der Waals surface area (Å²) in [5.41, 5.74) is -2.91. The van der Waals surface area contributed by atoms with Crippen LogP contribution in [0.3, 0.4) is 0 Å². The van der Waals surface area contributed by atoms with Crippen LogP contribution in [0.4, 0.5) is 26.3 Å². The molecule has 0 aromatic heterocycles. The molecule has 17 heteroatoms. The molecule has 0 saturated heterocycles. The second-order valence-corrected chi connectivity index (χ2v) is 6.58. The summed E-state index contributed by atoms with van der Waals surface area (Å²) in [6.07, 6.45) is -9.27. The molecule has 0 bridgehead atoms. The number of carboxylic acids is 2. The molecular weight excluding hydrogens is 583 g/mol. The number of halogens is 7. The zero-order chi connectivity index (χ0) is 27.3. The topological polar surface area (TPSA) is 111 Å². The van der Waals surface area contributed by atoms with E-state index in [-0.39, 0.29) is 13.7 Å². The summed E-state index contributed by atoms with van der Waals surface area (Å²) in [5.74, 6) is -3.15. The van der Waals surface area contributed by atoms with Gasteiger partial charge < -0.3 is 10.2 Å². The van der Waals surface area contributed by atoms with Crippen molar-refractivity contribution < 1.29 is 46.1 Å². The van der Waals surface area contributed by atoms with E-state index >= 15 is 0 Å². The van der Waals surface area contributed by atoms with Gasteiger partial charge in [-0.3, -0.25) is 0 Å². The van der Waals surface area contributed by atoms with Gasteiger partial charge in [-0.05, 0) is 36.8 Å². The van der Waals surface area contributed by atoms with E-state index in [2.05, 4.69) is 40.7 Å². The molecule has 3 N–H and O–H groups in total. The van der Waals surface area contributed by atoms with Crippen LogP contribution in [0, 0.1) is 11.3 Å². The molecule has 2 aromatic rings. The quantitative estimate of drug-likeness (QED) is 0.157. The molecule has 0 atom stereocenters. The first-order valence-corrected chi connectivity index (χ1v) is 10.4. The Kier molecular flexibility index (Phi) is 18.8. The van der Waals surface area contributed by atoms with Gasteiger partial charge >= 0.3 is 69.5 Å². The maximum atomic E-state index is 12.4. The molecule has 0 saturated carbocycles. The first kappa shape index (κ1) is 37.6. The molecule has 0 fully saturated rings. The number of carboxylic acid groups (broad SMARTS) is 2. The van der Waals surface area contributed by atoms with Crippen molar-refractivity contribution >= 4 is 72.8 Å². The molecular formula is C18H15AlB2BrF6N2O4S. The van der Waals surface area contributed by atoms with Gasteiger partial charge in [0, 0.05) is 13.7 Å². The Morgan fingerprint density at radius 2 is 1.31 bits per heavy atom. The predicted octanol–water partition coefficient (Wildman–Crippen LogP) is 5.73. The number of hydrogen-bond acceptors (Lipinski definition) is 5. The molecule has 0 spiro atoms. The molecule has 0 aliphatic carbocycles. The van der Waals surface area contributed by atoms with E-state index in [0.29, 0.717) is 11.1 Å². The molecule has 2 aromatic carbocycles. The van der Waals surface area contributed by atoms with Gasteiger partial charge in [-0.15, -0.1) is 0 Å². The molecule has 35 heavy (non-hydrogen) atoms. The molecule has 0 aliphatic rings. The Labute approximate surface area is 221 Å². The summed E-state index contributed by atoms with van der Waals surface area (Å²) in [5, 5.41) is 17.3. The number of aromatic carboxylic acids is 2. The zero-order valence-corrected chi connectivity index (χ0v) is 21.3. The normalized spacial score (nSPS) is 9.91. The number of aryl methyl sites for hydroxylation is 1. The molecule has 2 rings (SSSR count). The van der Waals surface area contributed by atoms with E-state index in [9.17, 15) is 35.9 Å². The molecule has 6 nitrogen and oxygen atoms in total. The summed E-state index contributed by atoms with van der Waals surface area (Å²) in [6.45, 7) is 1.47. The van der Waals surface area contributed by atoms with E-state index in [4.69, 9.17) is 14.6 Å². The molecule has 0 unspecified atom stereocenters. The Morgan fingerprint density at radius 3 is 1.63 bits per heavy atom. The van der Waals surface area contributed by atoms with Gasteiger partial charge in [0.2, 0.25) is 0 Å². The van der Waals surface area contributed by atoms with Crippen molar-refractivity contribution in [2.24, 2.45) is 4.30 Å². The van der Waals surface area contributed by atoms with Crippen molar-refractivity contribution in [1.29, 1.82) is 4.35 Å². The SMILES string of the molecule is Cc1ccc(C(=O)O)c(C(F)(F)F)c1.O=C(O)c1ccc(CBr)cc1C(F)(F)F.[B].[B]=NS.[NH]=[Al]. The fourth-order valence-corrected chi connectivity index (χ4v) is 2.52. The third-order valence-corrected chi connectivity index (χ3v) is 4.13. The summed E-state index contributed by atoms with van der Waals surface area (Å²) in [4.78, 5) is 21.0. The van der Waals surface area contributed by atoms with Crippen molar-refractivity contribution in [1.82, 2.24) is 0 Å². The number of hydrogen-bond donors (Lipinski definition) is 4. The summed E-state index contributed by atoms with van der Waals surface area (Å²) in [7, 11) is 4.34. The number of rotatable bonds is 3. The van der Waals surface area contributed by atoms with Crippen LogP contribution >= 0.6 is 28.7 Å². The van der Waals surface area contributed by atoms with E-state index < -0.39 is 46.5 Å². The van der Waals surface area contributed by atoms with E-state index in [1.165, 1.54) is 19.1 Å². The third-order valence-electron chi connectivity index (χ3n) is 3.48. The minimum atomic E-state index is -4.65. The minimum absolute atomic E-state index is 0. The van der Waals surface area contributed by atoms with Crippen LogP contribution in [-0.2, 0) is 17.7 Å². The Hall–Kier alpha value is -1.95. The van der Waals surface area contributed by atoms with Gasteiger partial charge in [0.1, 0.15) is 0 Å². The van der Waals surface area contributed by atoms with Gasteiger partial charge in [0.05, 0.1) is 22.3 Å². The Bertz CT molecular complexity index is 1000. The molecule has 0 amide bonds. The molecule has 0 aliphatic heterocycles. The maximum absolute atomic E-state index is 12.4. The fourth-order valence-electron chi connectivity index (χ4n) is 2.17. The van der Waals surface area contributed by atoms with Gasteiger partial charge in [-0.1, -0.05) is 33.6 Å². The number of nitrogens with one attached hydrogen (secondary N) is 1. The monoisotopic (exact) mass is 597 g/mol. The van der Waals surface area contributed by atoms with Crippen molar-refractivity contribution in [2.45, 2.75) is 24.6 Å². The van der Waals surface area contributed by atoms with Crippen LogP contribution in [0.15, 0.2) is 40.7 Å². The standard InChI is InChI=1S/C9H6BrF3O2.C9H7F3O2.Al.BHNS.B.HN/c10-4-5-1-2-6(8(14)15)7(3-5)9(11,12)13;1-5-2-3-6(8(13)14)7(4-5)9(10,11)12;;1-2-3;;/h1-3H,4H2,(H,14,15);2-4H,1H3,(H,13,14);;3H;;1H. The Morgan fingerprint density at radius 1 is 0.971 bits per heavy atom. The zero-order valence-electron chi connectivity index (χ0n) is 17.7. The Balaban J connectivity index is -0.000000483. The number of alkyl halides is 7. The number of benzene rings is 2. The van der Waals surface area contributed by atoms with E-state index in [1.807, 2.05) is 0 Å². The summed E-state index contributed by atoms with van der Waals surface area (Å²) < 4.78 is 82.7. The second-order valence-electron chi connectivity index (χ2n) is 5.78. The van der Waals surface area contributed by atoms with Crippen LogP contribution in [-0.4, -0.2) is 54.3 Å². The average molecular weight is 598 g/mol. The first-order valence-electron chi connectivity index (χ1n) is 8.33. The van der Waals surface area contributed by atoms with Gasteiger partial charge in [-0.2, -0.15) is 26.3 Å². The molecule has 0 heterocycles. The predicted molar refractivity (Wildman–Crippen MR) is 126 cm³/mol. The summed E-state index contributed by atoms with van der Waals surface area (Å²) >= 11 is 7.86. The van der Waals surface area contributed by atoms with Crippen molar-refractivity contribution in [3.63, 3.8) is 0 Å². The van der Waals surface area contributed by atoms with Crippen LogP contribution in [0.5, 0.6) is 0 Å². The number of carbonyl (C=O) groups is 2. The van der Waals surface area contributed by atoms with Gasteiger partial charge in [0.15, 0.2) is 0 Å². The van der Waals surface area contributed by atoms with E-state index in [1.54, 1.807) is 16.1 Å². The molecule has 185 valence electrons.